The molecule has 1 N–H and O–H groups in total. The predicted octanol–water partition coefficient (Wildman–Crippen LogP) is 7.10. The van der Waals surface area contributed by atoms with Crippen molar-refractivity contribution in [1.82, 2.24) is 0 Å². The first-order valence-electron chi connectivity index (χ1n) is 11.2. The van der Waals surface area contributed by atoms with Crippen molar-refractivity contribution in [3.8, 4) is 15.5 Å². The molecular weight excluding hydrogens is 434 g/mol. The summed E-state index contributed by atoms with van der Waals surface area (Å²) in [6, 6.07) is 19.9. The number of amides is 1. The molecule has 0 aliphatic heterocycles. The zero-order valence-electron chi connectivity index (χ0n) is 19.2. The summed E-state index contributed by atoms with van der Waals surface area (Å²) >= 11 is 1.24. The highest BCUT2D eigenvalue weighted by Crippen LogP contribution is 2.45. The van der Waals surface area contributed by atoms with Gasteiger partial charge in [0.15, 0.2) is 0 Å². The summed E-state index contributed by atoms with van der Waals surface area (Å²) in [5.74, 6) is -0.00889. The van der Waals surface area contributed by atoms with E-state index in [0.29, 0.717) is 12.2 Å². The number of anilines is 1. The van der Waals surface area contributed by atoms with Gasteiger partial charge in [-0.1, -0.05) is 93.1 Å². The zero-order valence-corrected chi connectivity index (χ0v) is 20.0. The van der Waals surface area contributed by atoms with Gasteiger partial charge in [0.2, 0.25) is 11.0 Å². The second-order valence-corrected chi connectivity index (χ2v) is 10.5. The first-order valence-corrected chi connectivity index (χ1v) is 12.0. The van der Waals surface area contributed by atoms with E-state index < -0.39 is 6.16 Å². The normalized spacial score (nSPS) is 13.9. The summed E-state index contributed by atoms with van der Waals surface area (Å²) in [5, 5.41) is 9.56. The number of hydrogen-bond acceptors (Lipinski definition) is 4. The summed E-state index contributed by atoms with van der Waals surface area (Å²) in [4.78, 5) is 27.5. The van der Waals surface area contributed by atoms with Crippen LogP contribution in [0.2, 0.25) is 0 Å². The van der Waals surface area contributed by atoms with Gasteiger partial charge in [0.05, 0.1) is 12.2 Å². The van der Waals surface area contributed by atoms with Crippen LogP contribution in [-0.4, -0.2) is 17.2 Å². The van der Waals surface area contributed by atoms with Crippen LogP contribution >= 0.6 is 11.3 Å². The van der Waals surface area contributed by atoms with E-state index in [1.807, 2.05) is 48.5 Å². The van der Waals surface area contributed by atoms with Gasteiger partial charge in [-0.05, 0) is 41.0 Å². The maximum absolute atomic E-state index is 13.5. The number of carboxylic acid groups (broad SMARTS) is 1. The molecule has 0 spiro atoms. The highest BCUT2D eigenvalue weighted by molar-refractivity contribution is 7.18. The molecule has 0 atom stereocenters. The van der Waals surface area contributed by atoms with Gasteiger partial charge in [0.1, 0.15) is 0 Å². The smallest absolute Gasteiger partial charge is 0.449 e. The minimum absolute atomic E-state index is 0.0220. The number of rotatable bonds is 6. The molecule has 1 aliphatic rings. The number of carbonyl (C=O) groups is 2. The summed E-state index contributed by atoms with van der Waals surface area (Å²) in [6.45, 7) is 6.86. The average Bonchev–Trinajstić information content (AvgIpc) is 3.13. The number of thiophene rings is 1. The Labute approximate surface area is 198 Å². The first-order chi connectivity index (χ1) is 15.7. The quantitative estimate of drug-likeness (QED) is 0.396. The Morgan fingerprint density at radius 1 is 1.06 bits per heavy atom. The van der Waals surface area contributed by atoms with Gasteiger partial charge >= 0.3 is 6.16 Å². The van der Waals surface area contributed by atoms with Crippen LogP contribution in [0.15, 0.2) is 60.7 Å². The molecule has 1 amide bonds. The van der Waals surface area contributed by atoms with Crippen molar-refractivity contribution in [3.05, 3.63) is 71.8 Å². The van der Waals surface area contributed by atoms with Crippen LogP contribution in [0, 0.1) is 5.92 Å². The molecule has 4 rings (SSSR count). The number of benzene rings is 2. The summed E-state index contributed by atoms with van der Waals surface area (Å²) < 4.78 is 5.15. The fourth-order valence-corrected chi connectivity index (χ4v) is 4.91. The van der Waals surface area contributed by atoms with Crippen molar-refractivity contribution in [2.24, 2.45) is 5.92 Å². The van der Waals surface area contributed by atoms with Crippen molar-refractivity contribution in [2.75, 3.05) is 4.90 Å². The summed E-state index contributed by atoms with van der Waals surface area (Å²) in [5.41, 5.74) is 3.72. The molecule has 33 heavy (non-hydrogen) atoms. The van der Waals surface area contributed by atoms with Crippen molar-refractivity contribution in [1.29, 1.82) is 0 Å². The first kappa shape index (κ1) is 23.1. The van der Waals surface area contributed by atoms with Gasteiger partial charge in [-0.3, -0.25) is 4.79 Å². The topological polar surface area (TPSA) is 66.8 Å². The monoisotopic (exact) mass is 463 g/mol. The lowest BCUT2D eigenvalue weighted by Crippen LogP contribution is -2.38. The molecule has 0 saturated heterocycles. The largest absolute Gasteiger partial charge is 0.512 e. The fourth-order valence-electron chi connectivity index (χ4n) is 3.90. The SMILES string of the molecule is CC(C)(C)c1ccc(CN(C(=O)C2CCC2)c2cc(-c3ccccc3)sc2OC(=O)O)cc1. The van der Waals surface area contributed by atoms with E-state index in [2.05, 4.69) is 32.9 Å². The maximum atomic E-state index is 13.5. The Morgan fingerprint density at radius 2 is 1.73 bits per heavy atom. The molecule has 1 heterocycles. The van der Waals surface area contributed by atoms with Crippen LogP contribution in [0.3, 0.4) is 0 Å². The molecule has 2 aromatic carbocycles. The molecule has 0 radical (unpaired) electrons. The second kappa shape index (κ2) is 9.40. The molecule has 1 aromatic heterocycles. The number of ether oxygens (including phenoxy) is 1. The Morgan fingerprint density at radius 3 is 2.27 bits per heavy atom. The predicted molar refractivity (Wildman–Crippen MR) is 132 cm³/mol. The Hall–Kier alpha value is -3.12. The molecule has 0 unspecified atom stereocenters. The Balaban J connectivity index is 1.73. The lowest BCUT2D eigenvalue weighted by molar-refractivity contribution is -0.124. The lowest BCUT2D eigenvalue weighted by atomic mass is 9.84. The van der Waals surface area contributed by atoms with Crippen molar-refractivity contribution in [3.63, 3.8) is 0 Å². The molecule has 5 nitrogen and oxygen atoms in total. The third-order valence-electron chi connectivity index (χ3n) is 6.09. The molecule has 3 aromatic rings. The van der Waals surface area contributed by atoms with Gasteiger partial charge in [-0.15, -0.1) is 0 Å². The van der Waals surface area contributed by atoms with Crippen LogP contribution in [0.1, 0.15) is 51.2 Å². The fraction of sp³-hybridized carbons (Fsp3) is 0.333. The highest BCUT2D eigenvalue weighted by atomic mass is 32.1. The molecule has 1 aliphatic carbocycles. The second-order valence-electron chi connectivity index (χ2n) is 9.52. The van der Waals surface area contributed by atoms with Crippen LogP contribution < -0.4 is 9.64 Å². The van der Waals surface area contributed by atoms with E-state index in [4.69, 9.17) is 4.74 Å². The lowest BCUT2D eigenvalue weighted by Gasteiger charge is -2.31. The van der Waals surface area contributed by atoms with E-state index in [-0.39, 0.29) is 22.3 Å². The minimum atomic E-state index is -1.39. The van der Waals surface area contributed by atoms with Crippen LogP contribution in [0.4, 0.5) is 10.5 Å². The molecule has 1 saturated carbocycles. The summed E-state index contributed by atoms with van der Waals surface area (Å²) in [6.07, 6.45) is 1.39. The van der Waals surface area contributed by atoms with Crippen molar-refractivity contribution >= 4 is 29.1 Å². The average molecular weight is 464 g/mol. The van der Waals surface area contributed by atoms with E-state index in [9.17, 15) is 14.7 Å². The number of nitrogens with zero attached hydrogens (tertiary/aromatic N) is 1. The standard InChI is InChI=1S/C27H29NO4S/c1-27(2,3)21-14-12-18(13-15-21)17-28(24(29)20-10-7-11-20)22-16-23(19-8-5-4-6-9-19)33-25(22)32-26(30)31/h4-6,8-9,12-16,20H,7,10-11,17H2,1-3H3,(H,30,31). The van der Waals surface area contributed by atoms with Gasteiger partial charge in [0.25, 0.3) is 0 Å². The van der Waals surface area contributed by atoms with Crippen LogP contribution in [-0.2, 0) is 16.8 Å². The van der Waals surface area contributed by atoms with E-state index in [0.717, 1.165) is 35.3 Å². The molecular formula is C27H29NO4S. The van der Waals surface area contributed by atoms with Gasteiger partial charge in [0, 0.05) is 10.8 Å². The van der Waals surface area contributed by atoms with Crippen LogP contribution in [0.5, 0.6) is 5.06 Å². The third kappa shape index (κ3) is 5.28. The summed E-state index contributed by atoms with van der Waals surface area (Å²) in [7, 11) is 0. The third-order valence-corrected chi connectivity index (χ3v) is 7.14. The van der Waals surface area contributed by atoms with Crippen molar-refractivity contribution < 1.29 is 19.4 Å². The highest BCUT2D eigenvalue weighted by Gasteiger charge is 2.33. The van der Waals surface area contributed by atoms with Crippen LogP contribution in [0.25, 0.3) is 10.4 Å². The van der Waals surface area contributed by atoms with E-state index >= 15 is 0 Å². The molecule has 1 fully saturated rings. The van der Waals surface area contributed by atoms with Gasteiger partial charge in [-0.25, -0.2) is 4.79 Å². The zero-order chi connectivity index (χ0) is 23.6. The van der Waals surface area contributed by atoms with Gasteiger partial charge < -0.3 is 14.7 Å². The number of carbonyl (C=O) groups excluding carboxylic acids is 1. The minimum Gasteiger partial charge on any atom is -0.449 e. The van der Waals surface area contributed by atoms with Gasteiger partial charge in [-0.2, -0.15) is 0 Å². The Bertz CT molecular complexity index is 1130. The molecule has 0 bridgehead atoms. The van der Waals surface area contributed by atoms with E-state index in [1.54, 1.807) is 4.90 Å². The van der Waals surface area contributed by atoms with Crippen molar-refractivity contribution in [2.45, 2.75) is 52.0 Å². The van der Waals surface area contributed by atoms with E-state index in [1.165, 1.54) is 16.9 Å². The number of hydrogen-bond donors (Lipinski definition) is 1. The molecule has 6 heteroatoms. The Kier molecular flexibility index (Phi) is 6.56. The molecule has 172 valence electrons. The maximum Gasteiger partial charge on any atom is 0.512 e.